The number of carbonyl (C=O) groups is 1. The van der Waals surface area contributed by atoms with E-state index in [1.807, 2.05) is 13.2 Å². The molecule has 0 radical (unpaired) electrons. The number of nitrogens with zero attached hydrogens (tertiary/aromatic N) is 1. The van der Waals surface area contributed by atoms with Gasteiger partial charge in [-0.3, -0.25) is 9.69 Å². The fourth-order valence-electron chi connectivity index (χ4n) is 6.52. The average molecular weight is 392 g/mol. The van der Waals surface area contributed by atoms with Crippen molar-refractivity contribution in [3.05, 3.63) is 29.3 Å². The van der Waals surface area contributed by atoms with E-state index in [9.17, 15) is 9.90 Å². The predicted molar refractivity (Wildman–Crippen MR) is 107 cm³/mol. The molecule has 4 nitrogen and oxygen atoms in total. The van der Waals surface area contributed by atoms with Crippen LogP contribution in [0.2, 0.25) is 0 Å². The zero-order chi connectivity index (χ0) is 17.9. The number of aromatic hydroxyl groups is 1. The standard InChI is InChI=1S/C22H29NO3.ClH/c1-26-22-8-7-18(25)13-21(22)9-10-23(14-15-3-2-4-15)20(22)11-16-5-6-17(24)12-19(16)21;/h5-6,12,15,20,24H,2-4,7-11,13-14H2,1H3;1H/t20-,21-,22-;/m1./s1. The van der Waals surface area contributed by atoms with Crippen LogP contribution in [0.3, 0.4) is 0 Å². The van der Waals surface area contributed by atoms with Gasteiger partial charge in [-0.25, -0.2) is 0 Å². The van der Waals surface area contributed by atoms with Crippen LogP contribution in [0.15, 0.2) is 18.2 Å². The Morgan fingerprint density at radius 2 is 2.11 bits per heavy atom. The molecule has 1 heterocycles. The van der Waals surface area contributed by atoms with Gasteiger partial charge in [-0.05, 0) is 67.8 Å². The van der Waals surface area contributed by atoms with Gasteiger partial charge in [-0.15, -0.1) is 12.4 Å². The lowest BCUT2D eigenvalue weighted by atomic mass is 9.49. The highest BCUT2D eigenvalue weighted by molar-refractivity contribution is 5.85. The van der Waals surface area contributed by atoms with E-state index in [1.54, 1.807) is 6.07 Å². The van der Waals surface area contributed by atoms with Gasteiger partial charge in [0.2, 0.25) is 0 Å². The van der Waals surface area contributed by atoms with E-state index in [0.717, 1.165) is 31.7 Å². The van der Waals surface area contributed by atoms with Gasteiger partial charge < -0.3 is 9.84 Å². The molecule has 4 aliphatic rings. The molecule has 3 atom stereocenters. The third kappa shape index (κ3) is 2.60. The van der Waals surface area contributed by atoms with Gasteiger partial charge in [0.1, 0.15) is 11.5 Å². The van der Waals surface area contributed by atoms with Crippen LogP contribution in [0.25, 0.3) is 0 Å². The first-order valence-electron chi connectivity index (χ1n) is 10.2. The molecule has 5 rings (SSSR count). The monoisotopic (exact) mass is 391 g/mol. The summed E-state index contributed by atoms with van der Waals surface area (Å²) in [5.74, 6) is 1.49. The molecule has 2 saturated carbocycles. The van der Waals surface area contributed by atoms with Gasteiger partial charge in [-0.2, -0.15) is 0 Å². The maximum Gasteiger partial charge on any atom is 0.134 e. The molecule has 1 aromatic carbocycles. The number of halogens is 1. The van der Waals surface area contributed by atoms with Crippen molar-refractivity contribution >= 4 is 18.2 Å². The fourth-order valence-corrected chi connectivity index (χ4v) is 6.52. The van der Waals surface area contributed by atoms with Crippen LogP contribution in [0.4, 0.5) is 0 Å². The Morgan fingerprint density at radius 3 is 2.81 bits per heavy atom. The predicted octanol–water partition coefficient (Wildman–Crippen LogP) is 3.62. The second-order valence-corrected chi connectivity index (χ2v) is 8.99. The second kappa shape index (κ2) is 6.75. The van der Waals surface area contributed by atoms with E-state index >= 15 is 0 Å². The average Bonchev–Trinajstić information content (AvgIpc) is 2.60. The normalized spacial score (nSPS) is 35.6. The van der Waals surface area contributed by atoms with Crippen LogP contribution < -0.4 is 0 Å². The summed E-state index contributed by atoms with van der Waals surface area (Å²) in [6, 6.07) is 6.13. The number of piperidine rings is 1. The number of benzene rings is 1. The molecule has 5 heteroatoms. The number of hydrogen-bond donors (Lipinski definition) is 1. The lowest BCUT2D eigenvalue weighted by Gasteiger charge is -2.65. The third-order valence-electron chi connectivity index (χ3n) is 7.99. The zero-order valence-corrected chi connectivity index (χ0v) is 16.9. The molecule has 1 aliphatic heterocycles. The molecule has 1 saturated heterocycles. The first-order valence-corrected chi connectivity index (χ1v) is 10.2. The van der Waals surface area contributed by atoms with E-state index < -0.39 is 0 Å². The van der Waals surface area contributed by atoms with E-state index in [-0.39, 0.29) is 23.4 Å². The van der Waals surface area contributed by atoms with Crippen LogP contribution in [-0.2, 0) is 21.4 Å². The molecule has 0 amide bonds. The highest BCUT2D eigenvalue weighted by Gasteiger charge is 2.65. The van der Waals surface area contributed by atoms with Crippen molar-refractivity contribution in [2.75, 3.05) is 20.2 Å². The van der Waals surface area contributed by atoms with Crippen LogP contribution in [0.5, 0.6) is 5.75 Å². The van der Waals surface area contributed by atoms with Crippen molar-refractivity contribution in [2.45, 2.75) is 68.4 Å². The lowest BCUT2D eigenvalue weighted by molar-refractivity contribution is -0.189. The number of ketones is 1. The Hall–Kier alpha value is -1.10. The molecule has 148 valence electrons. The van der Waals surface area contributed by atoms with Gasteiger partial charge in [0.25, 0.3) is 0 Å². The molecule has 2 bridgehead atoms. The Balaban J connectivity index is 0.00000180. The van der Waals surface area contributed by atoms with Gasteiger partial charge in [0, 0.05) is 38.0 Å². The number of fused-ring (bicyclic) bond motifs is 1. The second-order valence-electron chi connectivity index (χ2n) is 8.99. The number of Topliss-reactive ketones (excluding diaryl/α,β-unsaturated/α-hetero) is 1. The number of rotatable bonds is 3. The Kier molecular flexibility index (Phi) is 4.81. The number of methoxy groups -OCH3 is 1. The minimum Gasteiger partial charge on any atom is -0.508 e. The Labute approximate surface area is 167 Å². The lowest BCUT2D eigenvalue weighted by Crippen LogP contribution is -2.74. The summed E-state index contributed by atoms with van der Waals surface area (Å²) < 4.78 is 6.37. The highest BCUT2D eigenvalue weighted by atomic mass is 35.5. The summed E-state index contributed by atoms with van der Waals surface area (Å²) in [5, 5.41) is 10.2. The summed E-state index contributed by atoms with van der Waals surface area (Å²) in [5.41, 5.74) is 1.90. The van der Waals surface area contributed by atoms with Crippen LogP contribution in [-0.4, -0.2) is 47.6 Å². The SMILES string of the molecule is CO[C@@]12CCC(=O)C[C@@]13CCN(CC1CCC1)[C@@H]2Cc1ccc(O)cc13.Cl. The van der Waals surface area contributed by atoms with Crippen molar-refractivity contribution in [1.29, 1.82) is 0 Å². The van der Waals surface area contributed by atoms with Gasteiger partial charge >= 0.3 is 0 Å². The number of hydrogen-bond acceptors (Lipinski definition) is 4. The molecule has 3 fully saturated rings. The van der Waals surface area contributed by atoms with Crippen LogP contribution in [0.1, 0.15) is 56.1 Å². The summed E-state index contributed by atoms with van der Waals surface area (Å²) in [6.45, 7) is 2.21. The smallest absolute Gasteiger partial charge is 0.134 e. The summed E-state index contributed by atoms with van der Waals surface area (Å²) >= 11 is 0. The summed E-state index contributed by atoms with van der Waals surface area (Å²) in [7, 11) is 1.85. The summed E-state index contributed by atoms with van der Waals surface area (Å²) in [4.78, 5) is 15.2. The molecule has 0 aromatic heterocycles. The molecular formula is C22H30ClNO3. The van der Waals surface area contributed by atoms with Crippen molar-refractivity contribution in [3.63, 3.8) is 0 Å². The molecule has 1 N–H and O–H groups in total. The largest absolute Gasteiger partial charge is 0.508 e. The molecule has 27 heavy (non-hydrogen) atoms. The third-order valence-corrected chi connectivity index (χ3v) is 7.99. The first-order chi connectivity index (χ1) is 12.6. The molecule has 1 aromatic rings. The van der Waals surface area contributed by atoms with E-state index in [2.05, 4.69) is 11.0 Å². The van der Waals surface area contributed by atoms with Crippen molar-refractivity contribution < 1.29 is 14.6 Å². The van der Waals surface area contributed by atoms with Gasteiger partial charge in [0.05, 0.1) is 5.60 Å². The van der Waals surface area contributed by atoms with Crippen molar-refractivity contribution in [1.82, 2.24) is 4.90 Å². The minimum atomic E-state index is -0.302. The highest BCUT2D eigenvalue weighted by Crippen LogP contribution is 2.59. The Morgan fingerprint density at radius 1 is 1.30 bits per heavy atom. The number of phenols is 1. The number of ether oxygens (including phenoxy) is 1. The number of likely N-dealkylation sites (tertiary alicyclic amines) is 1. The Bertz CT molecular complexity index is 749. The molecule has 0 unspecified atom stereocenters. The van der Waals surface area contributed by atoms with Crippen LogP contribution in [0, 0.1) is 5.92 Å². The van der Waals surface area contributed by atoms with E-state index in [1.165, 1.54) is 36.9 Å². The quantitative estimate of drug-likeness (QED) is 0.854. The summed E-state index contributed by atoms with van der Waals surface area (Å²) in [6.07, 6.45) is 8.00. The van der Waals surface area contributed by atoms with E-state index in [0.29, 0.717) is 30.4 Å². The van der Waals surface area contributed by atoms with Crippen molar-refractivity contribution in [3.8, 4) is 5.75 Å². The molecule has 3 aliphatic carbocycles. The maximum absolute atomic E-state index is 12.5. The number of phenolic OH excluding ortho intramolecular Hbond substituents is 1. The first kappa shape index (κ1) is 19.2. The van der Waals surface area contributed by atoms with E-state index in [4.69, 9.17) is 4.74 Å². The van der Waals surface area contributed by atoms with Gasteiger partial charge in [0.15, 0.2) is 0 Å². The number of carbonyl (C=O) groups excluding carboxylic acids is 1. The van der Waals surface area contributed by atoms with Crippen molar-refractivity contribution in [2.24, 2.45) is 5.92 Å². The minimum absolute atomic E-state index is 0. The molecular weight excluding hydrogens is 362 g/mol. The zero-order valence-electron chi connectivity index (χ0n) is 16.1. The molecule has 0 spiro atoms. The fraction of sp³-hybridized carbons (Fsp3) is 0.682. The maximum atomic E-state index is 12.5. The topological polar surface area (TPSA) is 49.8 Å². The van der Waals surface area contributed by atoms with Gasteiger partial charge in [-0.1, -0.05) is 12.5 Å². The van der Waals surface area contributed by atoms with Crippen LogP contribution >= 0.6 is 12.4 Å².